The largest absolute Gasteiger partial charge is 0.352 e. The molecule has 0 bridgehead atoms. The molecule has 2 aromatic heterocycles. The molecule has 74 valence electrons. The van der Waals surface area contributed by atoms with Crippen LogP contribution in [0.4, 0.5) is 0 Å². The van der Waals surface area contributed by atoms with Crippen molar-refractivity contribution in [2.75, 3.05) is 0 Å². The summed E-state index contributed by atoms with van der Waals surface area (Å²) in [6.45, 7) is 3.93. The third kappa shape index (κ3) is 1.24. The van der Waals surface area contributed by atoms with Crippen LogP contribution in [-0.4, -0.2) is 19.6 Å². The van der Waals surface area contributed by atoms with Crippen molar-refractivity contribution in [3.05, 3.63) is 32.7 Å². The van der Waals surface area contributed by atoms with Crippen molar-refractivity contribution in [2.45, 2.75) is 19.8 Å². The summed E-state index contributed by atoms with van der Waals surface area (Å²) in [6.07, 6.45) is 0. The summed E-state index contributed by atoms with van der Waals surface area (Å²) in [6, 6.07) is 1.70. The molecule has 2 N–H and O–H groups in total. The van der Waals surface area contributed by atoms with Crippen LogP contribution in [0.2, 0.25) is 0 Å². The van der Waals surface area contributed by atoms with E-state index in [0.717, 1.165) is 10.2 Å². The molecule has 2 rings (SSSR count). The lowest BCUT2D eigenvalue weighted by molar-refractivity contribution is 0.754. The first-order chi connectivity index (χ1) is 6.58. The van der Waals surface area contributed by atoms with Gasteiger partial charge >= 0.3 is 11.4 Å². The molecule has 2 aromatic rings. The van der Waals surface area contributed by atoms with Gasteiger partial charge in [0.1, 0.15) is 5.65 Å². The molecular weight excluding hydrogens is 184 g/mol. The molecule has 0 saturated carbocycles. The Morgan fingerprint density at radius 1 is 1.36 bits per heavy atom. The SMILES string of the molecule is CC(C)c1cc2[nH]c(=O)[nH]c(=O)n2n1. The lowest BCUT2D eigenvalue weighted by Gasteiger charge is -1.94. The predicted molar refractivity (Wildman–Crippen MR) is 50.5 cm³/mol. The van der Waals surface area contributed by atoms with Gasteiger partial charge in [-0.3, -0.25) is 9.97 Å². The number of nitrogens with one attached hydrogen (secondary N) is 2. The summed E-state index contributed by atoms with van der Waals surface area (Å²) in [4.78, 5) is 26.8. The minimum absolute atomic E-state index is 0.220. The molecule has 0 unspecified atom stereocenters. The molecule has 0 amide bonds. The fraction of sp³-hybridized carbons (Fsp3) is 0.375. The van der Waals surface area contributed by atoms with E-state index in [4.69, 9.17) is 0 Å². The average molecular weight is 194 g/mol. The van der Waals surface area contributed by atoms with E-state index < -0.39 is 11.4 Å². The molecule has 6 nitrogen and oxygen atoms in total. The van der Waals surface area contributed by atoms with Gasteiger partial charge in [-0.2, -0.15) is 9.61 Å². The Hall–Kier alpha value is -1.85. The molecular formula is C8H10N4O2. The smallest absolute Gasteiger partial charge is 0.292 e. The summed E-state index contributed by atoms with van der Waals surface area (Å²) in [7, 11) is 0. The molecule has 0 spiro atoms. The van der Waals surface area contributed by atoms with Crippen molar-refractivity contribution < 1.29 is 0 Å². The van der Waals surface area contributed by atoms with E-state index in [1.165, 1.54) is 0 Å². The number of H-pyrrole nitrogens is 2. The van der Waals surface area contributed by atoms with Crippen LogP contribution in [-0.2, 0) is 0 Å². The molecule has 0 aliphatic rings. The molecule has 0 aromatic carbocycles. The number of hydrogen-bond donors (Lipinski definition) is 2. The first kappa shape index (κ1) is 8.74. The molecule has 0 atom stereocenters. The average Bonchev–Trinajstić information content (AvgIpc) is 2.47. The maximum atomic E-state index is 11.3. The van der Waals surface area contributed by atoms with Gasteiger partial charge in [0.2, 0.25) is 0 Å². The summed E-state index contributed by atoms with van der Waals surface area (Å²) in [5, 5.41) is 4.06. The van der Waals surface area contributed by atoms with E-state index in [1.807, 2.05) is 13.8 Å². The minimum Gasteiger partial charge on any atom is -0.292 e. The zero-order valence-corrected chi connectivity index (χ0v) is 7.87. The first-order valence-corrected chi connectivity index (χ1v) is 4.30. The fourth-order valence-electron chi connectivity index (χ4n) is 1.22. The maximum Gasteiger partial charge on any atom is 0.352 e. The van der Waals surface area contributed by atoms with Gasteiger partial charge in [-0.15, -0.1) is 0 Å². The lowest BCUT2D eigenvalue weighted by Crippen LogP contribution is -2.28. The first-order valence-electron chi connectivity index (χ1n) is 4.30. The monoisotopic (exact) mass is 194 g/mol. The van der Waals surface area contributed by atoms with Gasteiger partial charge < -0.3 is 0 Å². The van der Waals surface area contributed by atoms with Gasteiger partial charge in [0.25, 0.3) is 0 Å². The van der Waals surface area contributed by atoms with Crippen LogP contribution in [0.1, 0.15) is 25.5 Å². The minimum atomic E-state index is -0.518. The Balaban J connectivity index is 2.84. The van der Waals surface area contributed by atoms with Crippen LogP contribution in [0, 0.1) is 0 Å². The zero-order chi connectivity index (χ0) is 10.3. The Morgan fingerprint density at radius 2 is 2.07 bits per heavy atom. The van der Waals surface area contributed by atoms with Crippen LogP contribution in [0.5, 0.6) is 0 Å². The molecule has 14 heavy (non-hydrogen) atoms. The summed E-state index contributed by atoms with van der Waals surface area (Å²) >= 11 is 0. The molecule has 0 fully saturated rings. The highest BCUT2D eigenvalue weighted by Crippen LogP contribution is 2.11. The standard InChI is InChI=1S/C8H10N4O2/c1-4(2)5-3-6-9-7(13)10-8(14)12(6)11-5/h3-4H,1-2H3,(H2,9,10,13,14). The van der Waals surface area contributed by atoms with E-state index in [0.29, 0.717) is 5.65 Å². The number of fused-ring (bicyclic) bond motifs is 1. The molecule has 6 heteroatoms. The maximum absolute atomic E-state index is 11.3. The van der Waals surface area contributed by atoms with Crippen molar-refractivity contribution >= 4 is 5.65 Å². The van der Waals surface area contributed by atoms with Gasteiger partial charge in [-0.05, 0) is 5.92 Å². The van der Waals surface area contributed by atoms with E-state index in [2.05, 4.69) is 15.1 Å². The Bertz CT molecular complexity index is 575. The van der Waals surface area contributed by atoms with E-state index >= 15 is 0 Å². The van der Waals surface area contributed by atoms with Gasteiger partial charge in [-0.1, -0.05) is 13.8 Å². The van der Waals surface area contributed by atoms with Crippen LogP contribution >= 0.6 is 0 Å². The highest BCUT2D eigenvalue weighted by atomic mass is 16.2. The van der Waals surface area contributed by atoms with Crippen molar-refractivity contribution in [2.24, 2.45) is 0 Å². The second kappa shape index (κ2) is 2.83. The Morgan fingerprint density at radius 3 is 2.71 bits per heavy atom. The van der Waals surface area contributed by atoms with Gasteiger partial charge in [0, 0.05) is 6.07 Å². The van der Waals surface area contributed by atoms with Crippen molar-refractivity contribution in [1.29, 1.82) is 0 Å². The van der Waals surface area contributed by atoms with Crippen LogP contribution in [0.3, 0.4) is 0 Å². The second-order valence-electron chi connectivity index (χ2n) is 3.41. The van der Waals surface area contributed by atoms with Gasteiger partial charge in [0.15, 0.2) is 0 Å². The number of hydrogen-bond acceptors (Lipinski definition) is 3. The number of aromatic nitrogens is 4. The molecule has 0 radical (unpaired) electrons. The van der Waals surface area contributed by atoms with Gasteiger partial charge in [0.05, 0.1) is 5.69 Å². The van der Waals surface area contributed by atoms with Gasteiger partial charge in [-0.25, -0.2) is 9.59 Å². The molecule has 0 saturated heterocycles. The van der Waals surface area contributed by atoms with Crippen LogP contribution < -0.4 is 11.4 Å². The lowest BCUT2D eigenvalue weighted by atomic mass is 10.1. The highest BCUT2D eigenvalue weighted by molar-refractivity contribution is 5.38. The van der Waals surface area contributed by atoms with Crippen LogP contribution in [0.25, 0.3) is 5.65 Å². The number of aromatic amines is 2. The predicted octanol–water partition coefficient (Wildman–Crippen LogP) is -0.166. The van der Waals surface area contributed by atoms with Crippen molar-refractivity contribution in [3.8, 4) is 0 Å². The summed E-state index contributed by atoms with van der Waals surface area (Å²) < 4.78 is 1.15. The van der Waals surface area contributed by atoms with Crippen LogP contribution in [0.15, 0.2) is 15.7 Å². The summed E-state index contributed by atoms with van der Waals surface area (Å²) in [5.74, 6) is 0.220. The molecule has 0 aliphatic heterocycles. The van der Waals surface area contributed by atoms with E-state index in [-0.39, 0.29) is 5.92 Å². The quantitative estimate of drug-likeness (QED) is 0.661. The third-order valence-electron chi connectivity index (χ3n) is 1.97. The summed E-state index contributed by atoms with van der Waals surface area (Å²) in [5.41, 5.74) is 0.160. The van der Waals surface area contributed by atoms with E-state index in [9.17, 15) is 9.59 Å². The number of nitrogens with zero attached hydrogens (tertiary/aromatic N) is 2. The highest BCUT2D eigenvalue weighted by Gasteiger charge is 2.07. The van der Waals surface area contributed by atoms with Crippen molar-refractivity contribution in [1.82, 2.24) is 19.6 Å². The second-order valence-corrected chi connectivity index (χ2v) is 3.41. The third-order valence-corrected chi connectivity index (χ3v) is 1.97. The zero-order valence-electron chi connectivity index (χ0n) is 7.87. The Labute approximate surface area is 78.6 Å². The van der Waals surface area contributed by atoms with Crippen molar-refractivity contribution in [3.63, 3.8) is 0 Å². The fourth-order valence-corrected chi connectivity index (χ4v) is 1.22. The molecule has 2 heterocycles. The topological polar surface area (TPSA) is 83.0 Å². The van der Waals surface area contributed by atoms with E-state index in [1.54, 1.807) is 6.07 Å². The Kier molecular flexibility index (Phi) is 1.77. The normalized spacial score (nSPS) is 11.4. The number of rotatable bonds is 1. The molecule has 0 aliphatic carbocycles.